The van der Waals surface area contributed by atoms with Gasteiger partial charge >= 0.3 is 5.97 Å². The van der Waals surface area contributed by atoms with E-state index < -0.39 is 11.8 Å². The third-order valence-electron chi connectivity index (χ3n) is 2.55. The average molecular weight is 241 g/mol. The third-order valence-corrected chi connectivity index (χ3v) is 2.55. The van der Waals surface area contributed by atoms with Crippen LogP contribution in [-0.2, 0) is 6.54 Å². The molecule has 0 amide bonds. The second-order valence-electron chi connectivity index (χ2n) is 3.70. The Kier molecular flexibility index (Phi) is 5.06. The molecule has 0 fully saturated rings. The van der Waals surface area contributed by atoms with Gasteiger partial charge in [-0.05, 0) is 24.7 Å². The first-order chi connectivity index (χ1) is 8.08. The molecule has 0 aliphatic heterocycles. The molecule has 2 N–H and O–H groups in total. The zero-order valence-electron chi connectivity index (χ0n) is 9.69. The molecule has 0 unspecified atom stereocenters. The molecule has 1 rings (SSSR count). The molecule has 94 valence electrons. The van der Waals surface area contributed by atoms with E-state index in [2.05, 4.69) is 0 Å². The standard InChI is InChI=1S/C12H16FNO3/c1-2-14(5-6-15)8-10-7-9(12(16)17)3-4-11(10)13/h3-4,7,15H,2,5-6,8H2,1H3,(H,16,17). The maximum Gasteiger partial charge on any atom is 0.335 e. The summed E-state index contributed by atoms with van der Waals surface area (Å²) in [5.74, 6) is -1.50. The SMILES string of the molecule is CCN(CCO)Cc1cc(C(=O)O)ccc1F. The van der Waals surface area contributed by atoms with Gasteiger partial charge in [0.05, 0.1) is 12.2 Å². The van der Waals surface area contributed by atoms with Crippen LogP contribution in [0.15, 0.2) is 18.2 Å². The fourth-order valence-electron chi connectivity index (χ4n) is 1.56. The lowest BCUT2D eigenvalue weighted by Gasteiger charge is -2.19. The van der Waals surface area contributed by atoms with Gasteiger partial charge in [0.2, 0.25) is 0 Å². The van der Waals surface area contributed by atoms with Gasteiger partial charge in [0.15, 0.2) is 0 Å². The predicted octanol–water partition coefficient (Wildman–Crippen LogP) is 1.34. The molecule has 0 saturated carbocycles. The van der Waals surface area contributed by atoms with Crippen LogP contribution in [0.5, 0.6) is 0 Å². The molecule has 0 saturated heterocycles. The highest BCUT2D eigenvalue weighted by Crippen LogP contribution is 2.13. The zero-order chi connectivity index (χ0) is 12.8. The molecule has 0 atom stereocenters. The fourth-order valence-corrected chi connectivity index (χ4v) is 1.56. The molecule has 17 heavy (non-hydrogen) atoms. The normalized spacial score (nSPS) is 10.8. The van der Waals surface area contributed by atoms with Crippen LogP contribution in [0.1, 0.15) is 22.8 Å². The zero-order valence-corrected chi connectivity index (χ0v) is 9.69. The third kappa shape index (κ3) is 3.80. The fraction of sp³-hybridized carbons (Fsp3) is 0.417. The molecule has 0 aromatic heterocycles. The minimum Gasteiger partial charge on any atom is -0.478 e. The number of carboxylic acids is 1. The Morgan fingerprint density at radius 2 is 2.18 bits per heavy atom. The Hall–Kier alpha value is -1.46. The number of rotatable bonds is 6. The van der Waals surface area contributed by atoms with Crippen molar-refractivity contribution in [2.75, 3.05) is 19.7 Å². The van der Waals surface area contributed by atoms with Crippen LogP contribution in [-0.4, -0.2) is 40.8 Å². The van der Waals surface area contributed by atoms with Crippen LogP contribution >= 0.6 is 0 Å². The lowest BCUT2D eigenvalue weighted by Crippen LogP contribution is -2.26. The molecule has 4 nitrogen and oxygen atoms in total. The van der Waals surface area contributed by atoms with E-state index in [0.717, 1.165) is 6.07 Å². The van der Waals surface area contributed by atoms with Crippen molar-refractivity contribution < 1.29 is 19.4 Å². The summed E-state index contributed by atoms with van der Waals surface area (Å²) in [4.78, 5) is 12.6. The van der Waals surface area contributed by atoms with E-state index in [9.17, 15) is 9.18 Å². The van der Waals surface area contributed by atoms with E-state index in [1.807, 2.05) is 11.8 Å². The first-order valence-electron chi connectivity index (χ1n) is 5.43. The summed E-state index contributed by atoms with van der Waals surface area (Å²) >= 11 is 0. The van der Waals surface area contributed by atoms with Gasteiger partial charge in [-0.15, -0.1) is 0 Å². The van der Waals surface area contributed by atoms with Crippen molar-refractivity contribution in [3.63, 3.8) is 0 Å². The summed E-state index contributed by atoms with van der Waals surface area (Å²) in [7, 11) is 0. The quantitative estimate of drug-likeness (QED) is 0.789. The Balaban J connectivity index is 2.88. The van der Waals surface area contributed by atoms with Gasteiger partial charge in [-0.1, -0.05) is 6.92 Å². The molecule has 0 aliphatic rings. The lowest BCUT2D eigenvalue weighted by atomic mass is 10.1. The minimum atomic E-state index is -1.07. The monoisotopic (exact) mass is 241 g/mol. The van der Waals surface area contributed by atoms with Gasteiger partial charge in [0.25, 0.3) is 0 Å². The largest absolute Gasteiger partial charge is 0.478 e. The average Bonchev–Trinajstić information content (AvgIpc) is 2.30. The molecule has 0 radical (unpaired) electrons. The first-order valence-corrected chi connectivity index (χ1v) is 5.43. The summed E-state index contributed by atoms with van der Waals surface area (Å²) in [5.41, 5.74) is 0.404. The number of aliphatic hydroxyl groups is 1. The number of aliphatic hydroxyl groups excluding tert-OH is 1. The lowest BCUT2D eigenvalue weighted by molar-refractivity contribution is 0.0696. The predicted molar refractivity (Wildman–Crippen MR) is 61.4 cm³/mol. The number of hydrogen-bond donors (Lipinski definition) is 2. The maximum atomic E-state index is 13.5. The molecule has 0 heterocycles. The van der Waals surface area contributed by atoms with Gasteiger partial charge in [0.1, 0.15) is 5.82 Å². The highest BCUT2D eigenvalue weighted by Gasteiger charge is 2.11. The molecule has 0 spiro atoms. The smallest absolute Gasteiger partial charge is 0.335 e. The number of carbonyl (C=O) groups is 1. The van der Waals surface area contributed by atoms with Gasteiger partial charge in [-0.3, -0.25) is 4.90 Å². The number of benzene rings is 1. The van der Waals surface area contributed by atoms with Crippen LogP contribution < -0.4 is 0 Å². The maximum absolute atomic E-state index is 13.5. The van der Waals surface area contributed by atoms with Gasteiger partial charge in [0, 0.05) is 18.7 Å². The summed E-state index contributed by atoms with van der Waals surface area (Å²) < 4.78 is 13.5. The number of hydrogen-bond acceptors (Lipinski definition) is 3. The van der Waals surface area contributed by atoms with E-state index in [1.165, 1.54) is 12.1 Å². The topological polar surface area (TPSA) is 60.8 Å². The summed E-state index contributed by atoms with van der Waals surface area (Å²) in [6.45, 7) is 3.29. The van der Waals surface area contributed by atoms with Crippen molar-refractivity contribution in [3.8, 4) is 0 Å². The molecule has 1 aromatic rings. The Morgan fingerprint density at radius 3 is 2.71 bits per heavy atom. The Bertz CT molecular complexity index is 395. The number of halogens is 1. The molecule has 1 aromatic carbocycles. The second kappa shape index (κ2) is 6.32. The van der Waals surface area contributed by atoms with Crippen molar-refractivity contribution in [2.24, 2.45) is 0 Å². The van der Waals surface area contributed by atoms with Crippen molar-refractivity contribution in [2.45, 2.75) is 13.5 Å². The highest BCUT2D eigenvalue weighted by molar-refractivity contribution is 5.87. The number of aromatic carboxylic acids is 1. The van der Waals surface area contributed by atoms with Gasteiger partial charge in [-0.25, -0.2) is 9.18 Å². The number of carboxylic acid groups (broad SMARTS) is 1. The molecule has 5 heteroatoms. The Labute approximate surface area is 99.3 Å². The molecular formula is C12H16FNO3. The van der Waals surface area contributed by atoms with E-state index in [-0.39, 0.29) is 12.2 Å². The highest BCUT2D eigenvalue weighted by atomic mass is 19.1. The minimum absolute atomic E-state index is 0.00587. The first kappa shape index (κ1) is 13.6. The second-order valence-corrected chi connectivity index (χ2v) is 3.70. The summed E-state index contributed by atoms with van der Waals surface area (Å²) in [5, 5.41) is 17.6. The van der Waals surface area contributed by atoms with Gasteiger partial charge < -0.3 is 10.2 Å². The Morgan fingerprint density at radius 1 is 1.47 bits per heavy atom. The number of nitrogens with zero attached hydrogens (tertiary/aromatic N) is 1. The van der Waals surface area contributed by atoms with Crippen LogP contribution in [0.3, 0.4) is 0 Å². The van der Waals surface area contributed by atoms with Gasteiger partial charge in [-0.2, -0.15) is 0 Å². The van der Waals surface area contributed by atoms with Crippen molar-refractivity contribution in [3.05, 3.63) is 35.1 Å². The summed E-state index contributed by atoms with van der Waals surface area (Å²) in [6.07, 6.45) is 0. The van der Waals surface area contributed by atoms with Crippen LogP contribution in [0, 0.1) is 5.82 Å². The van der Waals surface area contributed by atoms with Crippen LogP contribution in [0.4, 0.5) is 4.39 Å². The van der Waals surface area contributed by atoms with E-state index >= 15 is 0 Å². The van der Waals surface area contributed by atoms with Crippen LogP contribution in [0.25, 0.3) is 0 Å². The van der Waals surface area contributed by atoms with E-state index in [4.69, 9.17) is 10.2 Å². The molecule has 0 bridgehead atoms. The van der Waals surface area contributed by atoms with E-state index in [1.54, 1.807) is 0 Å². The van der Waals surface area contributed by atoms with Crippen molar-refractivity contribution >= 4 is 5.97 Å². The molecule has 0 aliphatic carbocycles. The van der Waals surface area contributed by atoms with E-state index in [0.29, 0.717) is 25.2 Å². The van der Waals surface area contributed by atoms with Crippen LogP contribution in [0.2, 0.25) is 0 Å². The number of likely N-dealkylation sites (N-methyl/N-ethyl adjacent to an activating group) is 1. The molecular weight excluding hydrogens is 225 g/mol. The van der Waals surface area contributed by atoms with Crippen molar-refractivity contribution in [1.29, 1.82) is 0 Å². The van der Waals surface area contributed by atoms with Crippen molar-refractivity contribution in [1.82, 2.24) is 4.90 Å². The summed E-state index contributed by atoms with van der Waals surface area (Å²) in [6, 6.07) is 3.73.